The van der Waals surface area contributed by atoms with Crippen molar-refractivity contribution in [2.45, 2.75) is 6.42 Å². The van der Waals surface area contributed by atoms with Crippen molar-refractivity contribution >= 4 is 29.2 Å². The first kappa shape index (κ1) is 18.9. The number of aromatic nitrogens is 2. The highest BCUT2D eigenvalue weighted by Crippen LogP contribution is 2.34. The van der Waals surface area contributed by atoms with Gasteiger partial charge in [0.25, 0.3) is 0 Å². The molecule has 0 atom stereocenters. The lowest BCUT2D eigenvalue weighted by atomic mass is 10.0. The van der Waals surface area contributed by atoms with Crippen LogP contribution in [0.5, 0.6) is 11.5 Å². The molecule has 27 heavy (non-hydrogen) atoms. The van der Waals surface area contributed by atoms with Crippen molar-refractivity contribution < 1.29 is 19.7 Å². The Kier molecular flexibility index (Phi) is 5.78. The Hall–Kier alpha value is -2.83. The van der Waals surface area contributed by atoms with Gasteiger partial charge in [-0.1, -0.05) is 29.3 Å². The lowest BCUT2D eigenvalue weighted by Crippen LogP contribution is -2.09. The fraction of sp³-hybridized carbons (Fsp3) is 0.105. The Balaban J connectivity index is 1.88. The molecule has 0 amide bonds. The number of benzene rings is 2. The van der Waals surface area contributed by atoms with Crippen LogP contribution in [-0.2, 0) is 11.2 Å². The molecule has 0 saturated carbocycles. The van der Waals surface area contributed by atoms with Gasteiger partial charge in [0.05, 0.1) is 5.69 Å². The lowest BCUT2D eigenvalue weighted by molar-refractivity contribution is -0.139. The lowest BCUT2D eigenvalue weighted by Gasteiger charge is -2.12. The Morgan fingerprint density at radius 2 is 1.85 bits per heavy atom. The summed E-state index contributed by atoms with van der Waals surface area (Å²) in [7, 11) is 0. The summed E-state index contributed by atoms with van der Waals surface area (Å²) in [5.41, 5.74) is 2.70. The largest absolute Gasteiger partial charge is 0.507 e. The number of phenolic OH excluding ortho intramolecular Hbond substituents is 1. The maximum absolute atomic E-state index is 10.6. The van der Waals surface area contributed by atoms with Gasteiger partial charge in [0.15, 0.2) is 6.61 Å². The van der Waals surface area contributed by atoms with Crippen LogP contribution in [0.2, 0.25) is 10.0 Å². The second kappa shape index (κ2) is 8.24. The molecule has 0 unspecified atom stereocenters. The third-order valence-electron chi connectivity index (χ3n) is 3.78. The van der Waals surface area contributed by atoms with Gasteiger partial charge in [0.2, 0.25) is 0 Å². The van der Waals surface area contributed by atoms with Gasteiger partial charge < -0.3 is 14.9 Å². The van der Waals surface area contributed by atoms with Gasteiger partial charge in [-0.05, 0) is 41.5 Å². The number of nitrogens with zero attached hydrogens (tertiary/aromatic N) is 2. The number of carboxylic acids is 1. The number of rotatable bonds is 6. The number of aliphatic carboxylic acids is 1. The Labute approximate surface area is 165 Å². The molecular formula is C19H14Cl2N2O4. The van der Waals surface area contributed by atoms with Crippen LogP contribution >= 0.6 is 23.2 Å². The number of hydrogen-bond donors (Lipinski definition) is 2. The van der Waals surface area contributed by atoms with Gasteiger partial charge in [-0.25, -0.2) is 14.8 Å². The predicted molar refractivity (Wildman–Crippen MR) is 102 cm³/mol. The third kappa shape index (κ3) is 4.67. The van der Waals surface area contributed by atoms with Crippen LogP contribution in [0, 0.1) is 0 Å². The number of halogens is 2. The first-order valence-electron chi connectivity index (χ1n) is 7.85. The van der Waals surface area contributed by atoms with Gasteiger partial charge in [-0.15, -0.1) is 0 Å². The molecule has 3 aromatic rings. The van der Waals surface area contributed by atoms with E-state index in [1.54, 1.807) is 30.5 Å². The van der Waals surface area contributed by atoms with Crippen molar-refractivity contribution in [2.75, 3.05) is 6.61 Å². The summed E-state index contributed by atoms with van der Waals surface area (Å²) in [5, 5.41) is 19.5. The molecule has 138 valence electrons. The number of carboxylic acid groups (broad SMARTS) is 1. The zero-order chi connectivity index (χ0) is 19.4. The number of aromatic hydroxyl groups is 1. The monoisotopic (exact) mass is 404 g/mol. The van der Waals surface area contributed by atoms with Crippen molar-refractivity contribution in [3.8, 4) is 22.8 Å². The SMILES string of the molecule is O=C(O)COc1cc(Cl)c(Cc2ccc(O)c(-c3ccncn3)c2)c(Cl)c1. The summed E-state index contributed by atoms with van der Waals surface area (Å²) in [6, 6.07) is 9.90. The molecule has 0 fully saturated rings. The van der Waals surface area contributed by atoms with E-state index < -0.39 is 12.6 Å². The van der Waals surface area contributed by atoms with E-state index in [0.717, 1.165) is 5.56 Å². The highest BCUT2D eigenvalue weighted by atomic mass is 35.5. The number of ether oxygens (including phenoxy) is 1. The number of carbonyl (C=O) groups is 1. The zero-order valence-electron chi connectivity index (χ0n) is 13.9. The normalized spacial score (nSPS) is 10.6. The van der Waals surface area contributed by atoms with Crippen molar-refractivity contribution in [3.05, 3.63) is 70.1 Å². The second-order valence-corrected chi connectivity index (χ2v) is 6.49. The maximum atomic E-state index is 10.6. The molecule has 0 bridgehead atoms. The zero-order valence-corrected chi connectivity index (χ0v) is 15.4. The average molecular weight is 405 g/mol. The van der Waals surface area contributed by atoms with Crippen LogP contribution in [-0.4, -0.2) is 32.8 Å². The molecule has 2 N–H and O–H groups in total. The van der Waals surface area contributed by atoms with Gasteiger partial charge in [0, 0.05) is 28.2 Å². The smallest absolute Gasteiger partial charge is 0.341 e. The predicted octanol–water partition coefficient (Wildman–Crippen LogP) is 4.21. The van der Waals surface area contributed by atoms with Gasteiger partial charge >= 0.3 is 5.97 Å². The molecule has 0 aliphatic rings. The van der Waals surface area contributed by atoms with E-state index in [2.05, 4.69) is 9.97 Å². The molecule has 2 aromatic carbocycles. The molecule has 0 saturated heterocycles. The summed E-state index contributed by atoms with van der Waals surface area (Å²) in [6.07, 6.45) is 3.41. The van der Waals surface area contributed by atoms with Crippen LogP contribution in [0.15, 0.2) is 48.9 Å². The molecule has 3 rings (SSSR count). The van der Waals surface area contributed by atoms with Crippen molar-refractivity contribution in [1.82, 2.24) is 9.97 Å². The maximum Gasteiger partial charge on any atom is 0.341 e. The van der Waals surface area contributed by atoms with Crippen LogP contribution in [0.25, 0.3) is 11.3 Å². The fourth-order valence-corrected chi connectivity index (χ4v) is 3.13. The minimum absolute atomic E-state index is 0.104. The summed E-state index contributed by atoms with van der Waals surface area (Å²) in [4.78, 5) is 18.6. The summed E-state index contributed by atoms with van der Waals surface area (Å²) in [5.74, 6) is -0.705. The standard InChI is InChI=1S/C19H14Cl2N2O4/c20-15-7-12(27-9-19(25)26)8-16(21)13(15)5-11-1-2-18(24)14(6-11)17-3-4-22-10-23-17/h1-4,6-8,10,24H,5,9H2,(H,25,26). The molecule has 1 aromatic heterocycles. The summed E-state index contributed by atoms with van der Waals surface area (Å²) in [6.45, 7) is -0.480. The van der Waals surface area contributed by atoms with E-state index >= 15 is 0 Å². The van der Waals surface area contributed by atoms with E-state index in [1.165, 1.54) is 18.5 Å². The summed E-state index contributed by atoms with van der Waals surface area (Å²) < 4.78 is 5.11. The Morgan fingerprint density at radius 3 is 2.48 bits per heavy atom. The highest BCUT2D eigenvalue weighted by Gasteiger charge is 2.13. The number of hydrogen-bond acceptors (Lipinski definition) is 5. The molecule has 0 radical (unpaired) electrons. The van der Waals surface area contributed by atoms with E-state index in [0.29, 0.717) is 33.3 Å². The van der Waals surface area contributed by atoms with Crippen LogP contribution in [0.4, 0.5) is 0 Å². The average Bonchev–Trinajstić information content (AvgIpc) is 2.65. The van der Waals surface area contributed by atoms with Crippen LogP contribution in [0.3, 0.4) is 0 Å². The van der Waals surface area contributed by atoms with Gasteiger partial charge in [0.1, 0.15) is 17.8 Å². The van der Waals surface area contributed by atoms with E-state index in [9.17, 15) is 9.90 Å². The molecule has 8 heteroatoms. The van der Waals surface area contributed by atoms with E-state index in [-0.39, 0.29) is 11.5 Å². The molecule has 1 heterocycles. The van der Waals surface area contributed by atoms with E-state index in [1.807, 2.05) is 0 Å². The van der Waals surface area contributed by atoms with E-state index in [4.69, 9.17) is 33.0 Å². The molecule has 0 aliphatic carbocycles. The molecule has 0 spiro atoms. The molecule has 0 aliphatic heterocycles. The van der Waals surface area contributed by atoms with Crippen molar-refractivity contribution in [3.63, 3.8) is 0 Å². The molecular weight excluding hydrogens is 391 g/mol. The minimum Gasteiger partial charge on any atom is -0.507 e. The highest BCUT2D eigenvalue weighted by molar-refractivity contribution is 6.36. The van der Waals surface area contributed by atoms with Crippen molar-refractivity contribution in [2.24, 2.45) is 0 Å². The Morgan fingerprint density at radius 1 is 1.11 bits per heavy atom. The first-order chi connectivity index (χ1) is 12.9. The topological polar surface area (TPSA) is 92.5 Å². The van der Waals surface area contributed by atoms with Crippen LogP contribution < -0.4 is 4.74 Å². The fourth-order valence-electron chi connectivity index (χ4n) is 2.53. The summed E-state index contributed by atoms with van der Waals surface area (Å²) >= 11 is 12.6. The Bertz CT molecular complexity index is 958. The number of phenols is 1. The molecule has 6 nitrogen and oxygen atoms in total. The van der Waals surface area contributed by atoms with Crippen molar-refractivity contribution in [1.29, 1.82) is 0 Å². The van der Waals surface area contributed by atoms with Gasteiger partial charge in [-0.2, -0.15) is 0 Å². The first-order valence-corrected chi connectivity index (χ1v) is 8.60. The third-order valence-corrected chi connectivity index (χ3v) is 4.45. The van der Waals surface area contributed by atoms with Gasteiger partial charge in [-0.3, -0.25) is 0 Å². The minimum atomic E-state index is -1.09. The van der Waals surface area contributed by atoms with Crippen LogP contribution in [0.1, 0.15) is 11.1 Å². The quantitative estimate of drug-likeness (QED) is 0.638. The second-order valence-electron chi connectivity index (χ2n) is 5.67.